The second-order valence-corrected chi connectivity index (χ2v) is 6.27. The van der Waals surface area contributed by atoms with Gasteiger partial charge >= 0.3 is 0 Å². The molecule has 0 unspecified atom stereocenters. The van der Waals surface area contributed by atoms with Crippen molar-refractivity contribution in [3.05, 3.63) is 59.4 Å². The molecule has 1 fully saturated rings. The number of hydrogen-bond donors (Lipinski definition) is 0. The van der Waals surface area contributed by atoms with Gasteiger partial charge in [0.05, 0.1) is 32.6 Å². The molecule has 0 radical (unpaired) electrons. The molecule has 1 aliphatic heterocycles. The first-order valence-corrected chi connectivity index (χ1v) is 9.28. The first kappa shape index (κ1) is 19.9. The molecule has 6 heteroatoms. The minimum absolute atomic E-state index is 0.281. The highest BCUT2D eigenvalue weighted by molar-refractivity contribution is 6.07. The molecule has 0 saturated carbocycles. The van der Waals surface area contributed by atoms with Gasteiger partial charge in [-0.2, -0.15) is 0 Å². The predicted molar refractivity (Wildman–Crippen MR) is 107 cm³/mol. The van der Waals surface area contributed by atoms with Crippen LogP contribution in [0, 0.1) is 5.82 Å². The van der Waals surface area contributed by atoms with Gasteiger partial charge in [-0.05, 0) is 43.3 Å². The lowest BCUT2D eigenvalue weighted by Crippen LogP contribution is -2.36. The van der Waals surface area contributed by atoms with E-state index in [-0.39, 0.29) is 5.78 Å². The van der Waals surface area contributed by atoms with Crippen molar-refractivity contribution < 1.29 is 23.4 Å². The number of anilines is 1. The van der Waals surface area contributed by atoms with E-state index in [1.54, 1.807) is 31.4 Å². The Morgan fingerprint density at radius 1 is 1.25 bits per heavy atom. The Morgan fingerprint density at radius 3 is 2.71 bits per heavy atom. The number of methoxy groups -OCH3 is 1. The summed E-state index contributed by atoms with van der Waals surface area (Å²) in [6.45, 7) is 4.83. The predicted octanol–water partition coefficient (Wildman–Crippen LogP) is 3.97. The van der Waals surface area contributed by atoms with Crippen molar-refractivity contribution in [3.63, 3.8) is 0 Å². The smallest absolute Gasteiger partial charge is 0.185 e. The van der Waals surface area contributed by atoms with Crippen molar-refractivity contribution in [3.8, 4) is 11.5 Å². The van der Waals surface area contributed by atoms with Crippen molar-refractivity contribution in [2.45, 2.75) is 6.92 Å². The summed E-state index contributed by atoms with van der Waals surface area (Å²) >= 11 is 0. The van der Waals surface area contributed by atoms with E-state index in [4.69, 9.17) is 14.2 Å². The summed E-state index contributed by atoms with van der Waals surface area (Å²) in [6, 6.07) is 10.0. The van der Waals surface area contributed by atoms with Gasteiger partial charge < -0.3 is 19.1 Å². The van der Waals surface area contributed by atoms with Gasteiger partial charge in [0.25, 0.3) is 0 Å². The van der Waals surface area contributed by atoms with Crippen molar-refractivity contribution in [1.82, 2.24) is 0 Å². The zero-order chi connectivity index (χ0) is 19.9. The number of nitrogens with zero attached hydrogens (tertiary/aromatic N) is 1. The van der Waals surface area contributed by atoms with Gasteiger partial charge in [-0.1, -0.05) is 12.1 Å². The van der Waals surface area contributed by atoms with Crippen LogP contribution in [0.15, 0.2) is 42.5 Å². The highest BCUT2D eigenvalue weighted by atomic mass is 19.1. The largest absolute Gasteiger partial charge is 0.492 e. The normalized spacial score (nSPS) is 14.3. The Kier molecular flexibility index (Phi) is 6.66. The van der Waals surface area contributed by atoms with Crippen LogP contribution in [0.1, 0.15) is 22.8 Å². The van der Waals surface area contributed by atoms with E-state index in [0.717, 1.165) is 0 Å². The molecule has 28 heavy (non-hydrogen) atoms. The topological polar surface area (TPSA) is 48.0 Å². The van der Waals surface area contributed by atoms with Crippen LogP contribution >= 0.6 is 0 Å². The number of carbonyl (C=O) groups excluding carboxylic acids is 1. The number of rotatable bonds is 7. The lowest BCUT2D eigenvalue weighted by molar-refractivity contribution is 0.104. The van der Waals surface area contributed by atoms with Crippen LogP contribution in [0.25, 0.3) is 6.08 Å². The zero-order valence-corrected chi connectivity index (χ0v) is 16.1. The molecule has 2 aromatic rings. The molecule has 148 valence electrons. The Hall–Kier alpha value is -2.86. The molecule has 0 spiro atoms. The van der Waals surface area contributed by atoms with E-state index in [2.05, 4.69) is 0 Å². The molecule has 0 amide bonds. The minimum atomic E-state index is -0.405. The van der Waals surface area contributed by atoms with E-state index >= 15 is 0 Å². The molecule has 0 bridgehead atoms. The van der Waals surface area contributed by atoms with E-state index in [9.17, 15) is 9.18 Å². The van der Waals surface area contributed by atoms with Crippen LogP contribution in [-0.4, -0.2) is 45.8 Å². The van der Waals surface area contributed by atoms with Crippen molar-refractivity contribution in [2.24, 2.45) is 0 Å². The van der Waals surface area contributed by atoms with Gasteiger partial charge in [-0.3, -0.25) is 4.79 Å². The third-order valence-electron chi connectivity index (χ3n) is 4.51. The first-order chi connectivity index (χ1) is 13.6. The maximum atomic E-state index is 14.5. The Balaban J connectivity index is 1.78. The first-order valence-electron chi connectivity index (χ1n) is 9.28. The number of para-hydroxylation sites is 1. The van der Waals surface area contributed by atoms with E-state index in [1.807, 2.05) is 24.0 Å². The van der Waals surface area contributed by atoms with Crippen molar-refractivity contribution in [1.29, 1.82) is 0 Å². The summed E-state index contributed by atoms with van der Waals surface area (Å²) in [5.74, 6) is 0.483. The highest BCUT2D eigenvalue weighted by Crippen LogP contribution is 2.32. The van der Waals surface area contributed by atoms with Crippen LogP contribution in [0.2, 0.25) is 0 Å². The fourth-order valence-corrected chi connectivity index (χ4v) is 3.13. The van der Waals surface area contributed by atoms with Crippen LogP contribution in [-0.2, 0) is 4.74 Å². The average molecular weight is 385 g/mol. The molecule has 0 aliphatic carbocycles. The van der Waals surface area contributed by atoms with Gasteiger partial charge in [-0.15, -0.1) is 0 Å². The molecular formula is C22H24FNO4. The molecule has 0 atom stereocenters. The zero-order valence-electron chi connectivity index (χ0n) is 16.1. The Bertz CT molecular complexity index is 860. The molecule has 0 aromatic heterocycles. The molecular weight excluding hydrogens is 361 g/mol. The molecule has 1 saturated heterocycles. The summed E-state index contributed by atoms with van der Waals surface area (Å²) in [5.41, 5.74) is 1.51. The fourth-order valence-electron chi connectivity index (χ4n) is 3.13. The van der Waals surface area contributed by atoms with Crippen LogP contribution in [0.4, 0.5) is 10.1 Å². The fraction of sp³-hybridized carbons (Fsp3) is 0.318. The van der Waals surface area contributed by atoms with Crippen molar-refractivity contribution in [2.75, 3.05) is 44.9 Å². The third-order valence-corrected chi connectivity index (χ3v) is 4.51. The van der Waals surface area contributed by atoms with Crippen molar-refractivity contribution >= 4 is 17.5 Å². The molecule has 0 N–H and O–H groups in total. The van der Waals surface area contributed by atoms with Gasteiger partial charge in [0, 0.05) is 24.2 Å². The minimum Gasteiger partial charge on any atom is -0.492 e. The van der Waals surface area contributed by atoms with Gasteiger partial charge in [-0.25, -0.2) is 4.39 Å². The quantitative estimate of drug-likeness (QED) is 0.533. The summed E-state index contributed by atoms with van der Waals surface area (Å²) in [6.07, 6.45) is 3.06. The number of hydrogen-bond acceptors (Lipinski definition) is 5. The Morgan fingerprint density at radius 2 is 2.04 bits per heavy atom. The third kappa shape index (κ3) is 4.51. The SMILES string of the molecule is CCOc1cccc(/C=C/C(=O)c2ccc(N3CCOCC3)c(F)c2)c1OC. The van der Waals surface area contributed by atoms with Crippen LogP contribution in [0.5, 0.6) is 11.5 Å². The van der Waals surface area contributed by atoms with Crippen LogP contribution in [0.3, 0.4) is 0 Å². The molecule has 5 nitrogen and oxygen atoms in total. The molecule has 1 aliphatic rings. The highest BCUT2D eigenvalue weighted by Gasteiger charge is 2.16. The van der Waals surface area contributed by atoms with E-state index < -0.39 is 5.82 Å². The standard InChI is InChI=1S/C22H24FNO4/c1-3-28-21-6-4-5-16(22(21)26-2)8-10-20(25)17-7-9-19(18(23)15-17)24-11-13-27-14-12-24/h4-10,15H,3,11-14H2,1-2H3/b10-8+. The van der Waals surface area contributed by atoms with Gasteiger partial charge in [0.2, 0.25) is 0 Å². The number of allylic oxidation sites excluding steroid dienone is 1. The maximum absolute atomic E-state index is 14.5. The monoisotopic (exact) mass is 385 g/mol. The lowest BCUT2D eigenvalue weighted by atomic mass is 10.1. The number of benzene rings is 2. The average Bonchev–Trinajstić information content (AvgIpc) is 2.73. The number of ketones is 1. The summed E-state index contributed by atoms with van der Waals surface area (Å²) in [7, 11) is 1.55. The summed E-state index contributed by atoms with van der Waals surface area (Å²) < 4.78 is 30.8. The van der Waals surface area contributed by atoms with Gasteiger partial charge in [0.15, 0.2) is 17.3 Å². The number of halogens is 1. The summed E-state index contributed by atoms with van der Waals surface area (Å²) in [5, 5.41) is 0. The number of ether oxygens (including phenoxy) is 3. The molecule has 1 heterocycles. The van der Waals surface area contributed by atoms with Gasteiger partial charge in [0.1, 0.15) is 5.82 Å². The molecule has 2 aromatic carbocycles. The van der Waals surface area contributed by atoms with E-state index in [1.165, 1.54) is 12.1 Å². The van der Waals surface area contributed by atoms with E-state index in [0.29, 0.717) is 61.2 Å². The number of morpholine rings is 1. The molecule has 3 rings (SSSR count). The maximum Gasteiger partial charge on any atom is 0.185 e. The second-order valence-electron chi connectivity index (χ2n) is 6.27. The lowest BCUT2D eigenvalue weighted by Gasteiger charge is -2.29. The number of carbonyl (C=O) groups is 1. The second kappa shape index (κ2) is 9.37. The summed E-state index contributed by atoms with van der Waals surface area (Å²) in [4.78, 5) is 14.4. The Labute approximate surface area is 164 Å². The van der Waals surface area contributed by atoms with Crippen LogP contribution < -0.4 is 14.4 Å².